The maximum Gasteiger partial charge on any atom is 0.269 e. The number of nitrogens with zero attached hydrogens (tertiary/aromatic N) is 1. The van der Waals surface area contributed by atoms with Crippen molar-refractivity contribution in [3.63, 3.8) is 0 Å². The minimum Gasteiger partial charge on any atom is -0.297 e. The fraction of sp³-hybridized carbons (Fsp3) is 0.333. The predicted molar refractivity (Wildman–Crippen MR) is 103 cm³/mol. The van der Waals surface area contributed by atoms with Crippen molar-refractivity contribution in [2.45, 2.75) is 33.1 Å². The molecule has 1 atom stereocenters. The summed E-state index contributed by atoms with van der Waals surface area (Å²) in [5, 5.41) is 5.09. The van der Waals surface area contributed by atoms with E-state index in [2.05, 4.69) is 23.3 Å². The molecule has 0 spiro atoms. The summed E-state index contributed by atoms with van der Waals surface area (Å²) in [4.78, 5) is 19.1. The first-order valence-electron chi connectivity index (χ1n) is 8.00. The Bertz CT molecular complexity index is 944. The van der Waals surface area contributed by atoms with Gasteiger partial charge in [-0.2, -0.15) is 0 Å². The standard InChI is InChI=1S/C18H17ClN2OS2/c1-9-4-6-13-12(7-9)20-18(24-13)21-17(22)16-15(19)11-5-3-10(2)8-14(11)23-16/h3,5,8-9H,4,6-7H2,1-2H3,(H,20,21,22)/t9-/m0/s1. The van der Waals surface area contributed by atoms with Crippen LogP contribution in [0, 0.1) is 12.8 Å². The van der Waals surface area contributed by atoms with Gasteiger partial charge in [-0.15, -0.1) is 22.7 Å². The van der Waals surface area contributed by atoms with Crippen LogP contribution in [0.4, 0.5) is 5.13 Å². The van der Waals surface area contributed by atoms with Gasteiger partial charge >= 0.3 is 0 Å². The third-order valence-corrected chi connectivity index (χ3v) is 7.12. The highest BCUT2D eigenvalue weighted by atomic mass is 35.5. The van der Waals surface area contributed by atoms with Gasteiger partial charge in [-0.05, 0) is 43.7 Å². The van der Waals surface area contributed by atoms with Gasteiger partial charge in [-0.25, -0.2) is 4.98 Å². The van der Waals surface area contributed by atoms with E-state index in [1.54, 1.807) is 11.3 Å². The van der Waals surface area contributed by atoms with Gasteiger partial charge in [0.15, 0.2) is 5.13 Å². The predicted octanol–water partition coefficient (Wildman–Crippen LogP) is 5.70. The lowest BCUT2D eigenvalue weighted by Gasteiger charge is -2.15. The molecule has 3 aromatic rings. The van der Waals surface area contributed by atoms with E-state index in [9.17, 15) is 4.79 Å². The Balaban J connectivity index is 1.62. The Morgan fingerprint density at radius 2 is 2.21 bits per heavy atom. The molecular weight excluding hydrogens is 360 g/mol. The Morgan fingerprint density at radius 3 is 3.04 bits per heavy atom. The summed E-state index contributed by atoms with van der Waals surface area (Å²) in [6.45, 7) is 4.29. The fourth-order valence-corrected chi connectivity index (χ4v) is 5.58. The molecule has 0 fully saturated rings. The monoisotopic (exact) mass is 376 g/mol. The summed E-state index contributed by atoms with van der Waals surface area (Å²) in [5.74, 6) is 0.501. The average Bonchev–Trinajstić information content (AvgIpc) is 3.07. The maximum atomic E-state index is 12.6. The van der Waals surface area contributed by atoms with Crippen molar-refractivity contribution < 1.29 is 4.79 Å². The van der Waals surface area contributed by atoms with E-state index < -0.39 is 0 Å². The second-order valence-electron chi connectivity index (χ2n) is 6.44. The number of halogens is 1. The van der Waals surface area contributed by atoms with Gasteiger partial charge < -0.3 is 0 Å². The summed E-state index contributed by atoms with van der Waals surface area (Å²) in [6.07, 6.45) is 3.27. The van der Waals surface area contributed by atoms with Gasteiger partial charge in [0.05, 0.1) is 10.7 Å². The van der Waals surface area contributed by atoms with E-state index in [0.717, 1.165) is 34.2 Å². The molecule has 2 aromatic heterocycles. The van der Waals surface area contributed by atoms with Crippen molar-refractivity contribution in [3.8, 4) is 0 Å². The fourth-order valence-electron chi connectivity index (χ4n) is 3.07. The molecule has 0 aliphatic heterocycles. The number of fused-ring (bicyclic) bond motifs is 2. The van der Waals surface area contributed by atoms with Gasteiger partial charge in [0.2, 0.25) is 0 Å². The van der Waals surface area contributed by atoms with E-state index in [1.165, 1.54) is 22.6 Å². The topological polar surface area (TPSA) is 42.0 Å². The number of hydrogen-bond donors (Lipinski definition) is 1. The van der Waals surface area contributed by atoms with Crippen LogP contribution in [0.3, 0.4) is 0 Å². The van der Waals surface area contributed by atoms with Crippen LogP contribution in [0.2, 0.25) is 5.02 Å². The van der Waals surface area contributed by atoms with Crippen LogP contribution in [0.1, 0.15) is 39.2 Å². The zero-order valence-corrected chi connectivity index (χ0v) is 15.9. The Labute approximate surface area is 153 Å². The highest BCUT2D eigenvalue weighted by molar-refractivity contribution is 7.22. The number of nitrogens with one attached hydrogen (secondary N) is 1. The molecule has 1 aliphatic carbocycles. The molecular formula is C18H17ClN2OS2. The zero-order valence-electron chi connectivity index (χ0n) is 13.5. The quantitative estimate of drug-likeness (QED) is 0.623. The third-order valence-electron chi connectivity index (χ3n) is 4.40. The molecule has 1 aliphatic rings. The molecule has 1 amide bonds. The van der Waals surface area contributed by atoms with Crippen molar-refractivity contribution in [2.75, 3.05) is 5.32 Å². The first kappa shape index (κ1) is 16.1. The third kappa shape index (κ3) is 2.85. The summed E-state index contributed by atoms with van der Waals surface area (Å²) >= 11 is 9.45. The summed E-state index contributed by atoms with van der Waals surface area (Å²) < 4.78 is 1.04. The van der Waals surface area contributed by atoms with E-state index in [4.69, 9.17) is 11.6 Å². The smallest absolute Gasteiger partial charge is 0.269 e. The van der Waals surface area contributed by atoms with Crippen molar-refractivity contribution >= 4 is 55.4 Å². The summed E-state index contributed by atoms with van der Waals surface area (Å²) in [7, 11) is 0. The molecule has 1 aromatic carbocycles. The number of amides is 1. The van der Waals surface area contributed by atoms with Gasteiger partial charge in [0.1, 0.15) is 4.88 Å². The lowest BCUT2D eigenvalue weighted by Crippen LogP contribution is -2.11. The van der Waals surface area contributed by atoms with Crippen molar-refractivity contribution in [1.82, 2.24) is 4.98 Å². The zero-order chi connectivity index (χ0) is 16.8. The van der Waals surface area contributed by atoms with E-state index in [0.29, 0.717) is 20.9 Å². The number of anilines is 1. The molecule has 0 bridgehead atoms. The first-order valence-corrected chi connectivity index (χ1v) is 10.0. The average molecular weight is 377 g/mol. The molecule has 0 radical (unpaired) electrons. The van der Waals surface area contributed by atoms with Crippen LogP contribution < -0.4 is 5.32 Å². The molecule has 24 heavy (non-hydrogen) atoms. The number of thiazole rings is 1. The lowest BCUT2D eigenvalue weighted by molar-refractivity contribution is 0.103. The molecule has 0 saturated heterocycles. The molecule has 6 heteroatoms. The molecule has 3 nitrogen and oxygen atoms in total. The van der Waals surface area contributed by atoms with Gasteiger partial charge in [0, 0.05) is 15.0 Å². The molecule has 1 N–H and O–H groups in total. The number of benzene rings is 1. The Kier molecular flexibility index (Phi) is 4.11. The Morgan fingerprint density at radius 1 is 1.38 bits per heavy atom. The van der Waals surface area contributed by atoms with Gasteiger partial charge in [0.25, 0.3) is 5.91 Å². The van der Waals surface area contributed by atoms with Crippen LogP contribution in [-0.2, 0) is 12.8 Å². The first-order chi connectivity index (χ1) is 11.5. The van der Waals surface area contributed by atoms with Gasteiger partial charge in [-0.3, -0.25) is 10.1 Å². The molecule has 124 valence electrons. The molecule has 4 rings (SSSR count). The second kappa shape index (κ2) is 6.14. The van der Waals surface area contributed by atoms with Crippen LogP contribution >= 0.6 is 34.3 Å². The van der Waals surface area contributed by atoms with E-state index in [-0.39, 0.29) is 5.91 Å². The van der Waals surface area contributed by atoms with E-state index >= 15 is 0 Å². The van der Waals surface area contributed by atoms with Crippen LogP contribution in [0.25, 0.3) is 10.1 Å². The Hall–Kier alpha value is -1.43. The number of aryl methyl sites for hydroxylation is 2. The van der Waals surface area contributed by atoms with Crippen molar-refractivity contribution in [2.24, 2.45) is 5.92 Å². The van der Waals surface area contributed by atoms with Crippen LogP contribution in [0.15, 0.2) is 18.2 Å². The number of carbonyl (C=O) groups excluding carboxylic acids is 1. The lowest BCUT2D eigenvalue weighted by atomic mass is 9.93. The van der Waals surface area contributed by atoms with Crippen molar-refractivity contribution in [3.05, 3.63) is 44.2 Å². The van der Waals surface area contributed by atoms with Crippen LogP contribution in [-0.4, -0.2) is 10.9 Å². The highest BCUT2D eigenvalue weighted by Gasteiger charge is 2.22. The molecule has 0 unspecified atom stereocenters. The summed E-state index contributed by atoms with van der Waals surface area (Å²) in [5.41, 5.74) is 2.31. The maximum absolute atomic E-state index is 12.6. The van der Waals surface area contributed by atoms with Gasteiger partial charge in [-0.1, -0.05) is 30.7 Å². The molecule has 2 heterocycles. The van der Waals surface area contributed by atoms with E-state index in [1.807, 2.05) is 19.1 Å². The molecule has 0 saturated carbocycles. The number of rotatable bonds is 2. The minimum atomic E-state index is -0.169. The van der Waals surface area contributed by atoms with Crippen LogP contribution in [0.5, 0.6) is 0 Å². The normalized spacial score (nSPS) is 17.0. The number of hydrogen-bond acceptors (Lipinski definition) is 4. The SMILES string of the molecule is Cc1ccc2c(Cl)c(C(=O)Nc3nc4c(s3)CC[C@H](C)C4)sc2c1. The minimum absolute atomic E-state index is 0.169. The number of thiophene rings is 1. The highest BCUT2D eigenvalue weighted by Crippen LogP contribution is 2.37. The number of aromatic nitrogens is 1. The second-order valence-corrected chi connectivity index (χ2v) is 8.95. The summed E-state index contributed by atoms with van der Waals surface area (Å²) in [6, 6.07) is 6.05. The van der Waals surface area contributed by atoms with Crippen molar-refractivity contribution in [1.29, 1.82) is 0 Å². The number of carbonyl (C=O) groups is 1. The largest absolute Gasteiger partial charge is 0.297 e.